The van der Waals surface area contributed by atoms with E-state index in [4.69, 9.17) is 9.47 Å². The van der Waals surface area contributed by atoms with E-state index in [-0.39, 0.29) is 54.1 Å². The third-order valence-electron chi connectivity index (χ3n) is 12.3. The summed E-state index contributed by atoms with van der Waals surface area (Å²) in [7, 11) is 0. The van der Waals surface area contributed by atoms with E-state index < -0.39 is 5.97 Å². The van der Waals surface area contributed by atoms with E-state index >= 15 is 0 Å². The first-order valence-electron chi connectivity index (χ1n) is 16.7. The molecule has 0 saturated heterocycles. The number of rotatable bonds is 8. The van der Waals surface area contributed by atoms with Gasteiger partial charge in [0.25, 0.3) is 0 Å². The molecule has 6 nitrogen and oxygen atoms in total. The van der Waals surface area contributed by atoms with Gasteiger partial charge in [0.05, 0.1) is 12.2 Å². The van der Waals surface area contributed by atoms with Crippen LogP contribution in [0.15, 0.2) is 0 Å². The van der Waals surface area contributed by atoms with Crippen molar-refractivity contribution in [1.29, 1.82) is 0 Å². The lowest BCUT2D eigenvalue weighted by molar-refractivity contribution is -0.170. The zero-order valence-corrected chi connectivity index (χ0v) is 26.0. The molecule has 4 aliphatic rings. The second kappa shape index (κ2) is 13.4. The summed E-state index contributed by atoms with van der Waals surface area (Å²) in [5, 5.41) is 22.7. The number of aliphatic hydroxyl groups is 2. The molecule has 0 aromatic rings. The molecule has 0 aromatic heterocycles. The number of hydrogen-bond donors (Lipinski definition) is 2. The van der Waals surface area contributed by atoms with E-state index in [1.54, 1.807) is 0 Å². The minimum atomic E-state index is -0.439. The van der Waals surface area contributed by atoms with Crippen molar-refractivity contribution in [2.24, 2.45) is 46.8 Å². The molecule has 0 radical (unpaired) electrons. The van der Waals surface area contributed by atoms with Crippen molar-refractivity contribution in [3.05, 3.63) is 0 Å². The molecule has 10 atom stereocenters. The molecule has 10 unspecified atom stereocenters. The van der Waals surface area contributed by atoms with Crippen molar-refractivity contribution in [3.8, 4) is 0 Å². The van der Waals surface area contributed by atoms with Crippen LogP contribution in [0.25, 0.3) is 0 Å². The number of fused-ring (bicyclic) bond motifs is 3. The highest BCUT2D eigenvalue weighted by Gasteiger charge is 2.54. The van der Waals surface area contributed by atoms with Gasteiger partial charge in [-0.25, -0.2) is 4.79 Å². The Morgan fingerprint density at radius 1 is 0.950 bits per heavy atom. The van der Waals surface area contributed by atoms with Crippen LogP contribution in [0.3, 0.4) is 0 Å². The van der Waals surface area contributed by atoms with E-state index in [0.717, 1.165) is 70.1 Å². The van der Waals surface area contributed by atoms with Crippen LogP contribution in [-0.2, 0) is 19.1 Å². The predicted molar refractivity (Wildman–Crippen MR) is 156 cm³/mol. The minimum Gasteiger partial charge on any atom is -0.457 e. The van der Waals surface area contributed by atoms with Crippen molar-refractivity contribution in [2.75, 3.05) is 6.61 Å². The van der Waals surface area contributed by atoms with Crippen LogP contribution < -0.4 is 0 Å². The summed E-state index contributed by atoms with van der Waals surface area (Å²) >= 11 is 0. The molecule has 40 heavy (non-hydrogen) atoms. The summed E-state index contributed by atoms with van der Waals surface area (Å²) in [6, 6.07) is 0. The third-order valence-corrected chi connectivity index (χ3v) is 12.3. The Bertz CT molecular complexity index is 851. The first kappa shape index (κ1) is 31.8. The number of hydrogen-bond acceptors (Lipinski definition) is 6. The van der Waals surface area contributed by atoms with Crippen molar-refractivity contribution in [3.63, 3.8) is 0 Å². The number of ether oxygens (including phenoxy) is 2. The fraction of sp³-hybridized carbons (Fsp3) is 0.941. The Labute approximate surface area is 243 Å². The van der Waals surface area contributed by atoms with Gasteiger partial charge in [-0.1, -0.05) is 47.5 Å². The van der Waals surface area contributed by atoms with Crippen molar-refractivity contribution < 1.29 is 29.3 Å². The van der Waals surface area contributed by atoms with Gasteiger partial charge in [-0.15, -0.1) is 0 Å². The van der Waals surface area contributed by atoms with Gasteiger partial charge >= 0.3 is 11.9 Å². The highest BCUT2D eigenvalue weighted by molar-refractivity contribution is 5.76. The van der Waals surface area contributed by atoms with E-state index in [2.05, 4.69) is 27.7 Å². The lowest BCUT2D eigenvalue weighted by Crippen LogP contribution is -2.54. The smallest absolute Gasteiger partial charge is 0.344 e. The zero-order chi connectivity index (χ0) is 29.1. The Balaban J connectivity index is 1.30. The largest absolute Gasteiger partial charge is 0.457 e. The van der Waals surface area contributed by atoms with Crippen molar-refractivity contribution in [1.82, 2.24) is 0 Å². The quantitative estimate of drug-likeness (QED) is 0.315. The molecule has 0 spiro atoms. The van der Waals surface area contributed by atoms with E-state index in [9.17, 15) is 19.8 Å². The second-order valence-corrected chi connectivity index (χ2v) is 14.9. The molecule has 4 aliphatic carbocycles. The molecule has 4 saturated carbocycles. The predicted octanol–water partition coefficient (Wildman–Crippen LogP) is 6.84. The summed E-state index contributed by atoms with van der Waals surface area (Å²) in [5.41, 5.74) is -0.162. The van der Waals surface area contributed by atoms with Gasteiger partial charge in [-0.3, -0.25) is 4.79 Å². The molecular formula is C34H58O6. The Morgan fingerprint density at radius 3 is 2.38 bits per heavy atom. The van der Waals surface area contributed by atoms with Crippen LogP contribution in [0.2, 0.25) is 0 Å². The fourth-order valence-electron chi connectivity index (χ4n) is 9.50. The van der Waals surface area contributed by atoms with Gasteiger partial charge in [0, 0.05) is 6.42 Å². The first-order valence-corrected chi connectivity index (χ1v) is 16.7. The average molecular weight is 563 g/mol. The molecule has 0 bridgehead atoms. The molecule has 0 aromatic carbocycles. The van der Waals surface area contributed by atoms with Gasteiger partial charge in [-0.2, -0.15) is 0 Å². The van der Waals surface area contributed by atoms with E-state index in [1.807, 2.05) is 6.92 Å². The van der Waals surface area contributed by atoms with Crippen LogP contribution in [0.5, 0.6) is 0 Å². The normalized spacial score (nSPS) is 40.5. The van der Waals surface area contributed by atoms with Crippen molar-refractivity contribution in [2.45, 2.75) is 149 Å². The van der Waals surface area contributed by atoms with Gasteiger partial charge in [0.2, 0.25) is 0 Å². The van der Waals surface area contributed by atoms with Gasteiger partial charge < -0.3 is 19.7 Å². The maximum Gasteiger partial charge on any atom is 0.344 e. The molecule has 4 fully saturated rings. The van der Waals surface area contributed by atoms with E-state index in [1.165, 1.54) is 19.3 Å². The number of carbonyl (C=O) groups is 2. The maximum absolute atomic E-state index is 12.5. The maximum atomic E-state index is 12.5. The van der Waals surface area contributed by atoms with Crippen LogP contribution in [0.4, 0.5) is 0 Å². The first-order chi connectivity index (χ1) is 19.0. The fourth-order valence-corrected chi connectivity index (χ4v) is 9.50. The number of aliphatic hydroxyl groups excluding tert-OH is 2. The number of esters is 2. The van der Waals surface area contributed by atoms with Crippen LogP contribution >= 0.6 is 0 Å². The number of carbonyl (C=O) groups excluding carboxylic acids is 2. The lowest BCUT2D eigenvalue weighted by atomic mass is 9.48. The minimum absolute atomic E-state index is 0.205. The molecule has 0 amide bonds. The van der Waals surface area contributed by atoms with Crippen molar-refractivity contribution >= 4 is 11.9 Å². The van der Waals surface area contributed by atoms with Gasteiger partial charge in [-0.05, 0) is 124 Å². The van der Waals surface area contributed by atoms with Crippen LogP contribution in [0, 0.1) is 46.8 Å². The Kier molecular flexibility index (Phi) is 10.7. The lowest BCUT2D eigenvalue weighted by Gasteiger charge is -2.58. The molecule has 4 rings (SSSR count). The SMILES string of the molecule is CCC1(OC(=O)COC(=O)CCC(C)C2CCC(C)C3C(O)CC4CC(C)CCC4(C)C3CC(O)C2)CCCC1. The second-order valence-electron chi connectivity index (χ2n) is 14.9. The summed E-state index contributed by atoms with van der Waals surface area (Å²) in [6.45, 7) is 11.1. The highest BCUT2D eigenvalue weighted by Crippen LogP contribution is 2.60. The highest BCUT2D eigenvalue weighted by atomic mass is 16.6. The average Bonchev–Trinajstić information content (AvgIpc) is 3.39. The molecular weight excluding hydrogens is 504 g/mol. The molecule has 230 valence electrons. The third kappa shape index (κ3) is 7.25. The van der Waals surface area contributed by atoms with E-state index in [0.29, 0.717) is 30.1 Å². The van der Waals surface area contributed by atoms with Gasteiger partial charge in [0.1, 0.15) is 5.60 Å². The monoisotopic (exact) mass is 562 g/mol. The topological polar surface area (TPSA) is 93.1 Å². The summed E-state index contributed by atoms with van der Waals surface area (Å²) < 4.78 is 11.0. The zero-order valence-electron chi connectivity index (χ0n) is 26.0. The molecule has 0 aliphatic heterocycles. The molecule has 2 N–H and O–H groups in total. The Hall–Kier alpha value is -1.14. The molecule has 6 heteroatoms. The van der Waals surface area contributed by atoms with Crippen LogP contribution in [0.1, 0.15) is 131 Å². The van der Waals surface area contributed by atoms with Crippen LogP contribution in [-0.4, -0.2) is 46.6 Å². The summed E-state index contributed by atoms with van der Waals surface area (Å²) in [4.78, 5) is 24.8. The molecule has 0 heterocycles. The summed E-state index contributed by atoms with van der Waals surface area (Å²) in [6.07, 6.45) is 13.2. The Morgan fingerprint density at radius 2 is 1.68 bits per heavy atom. The van der Waals surface area contributed by atoms with Gasteiger partial charge in [0.15, 0.2) is 6.61 Å². The summed E-state index contributed by atoms with van der Waals surface area (Å²) in [5.74, 6) is 2.12. The standard InChI is InChI=1S/C34H58O6/c1-6-34(14-7-8-15-34)40-31(38)21-39-30(37)12-10-23(3)25-11-9-24(4)32-28(20-27(35)18-25)33(5)16-13-22(2)17-26(33)19-29(32)36/h22-29,32,35-36H,6-21H2,1-5H3.